The van der Waals surface area contributed by atoms with Gasteiger partial charge < -0.3 is 168 Å². The minimum absolute atomic E-state index is 0.0120. The summed E-state index contributed by atoms with van der Waals surface area (Å²) in [5.41, 5.74) is 0. The van der Waals surface area contributed by atoms with Crippen LogP contribution in [0.15, 0.2) is 0 Å². The molecule has 0 aromatic heterocycles. The number of carbonyl (C=O) groups excluding carboxylic acids is 2. The summed E-state index contributed by atoms with van der Waals surface area (Å²) in [6.45, 7) is -1.81. The molecule has 21 fully saturated rings. The minimum atomic E-state index is -2.19. The quantitative estimate of drug-likeness (QED) is 0.0606. The molecular formula is C55H92O36. The molecule has 0 aromatic rings. The average molecular weight is 1330 g/mol. The Balaban J connectivity index is 1.08. The molecule has 21 aliphatic heterocycles. The van der Waals surface area contributed by atoms with Gasteiger partial charge in [-0.3, -0.25) is 9.59 Å². The lowest BCUT2D eigenvalue weighted by Gasteiger charge is -2.50. The first-order valence-corrected chi connectivity index (χ1v) is 30.6. The molecule has 0 saturated carbocycles. The maximum absolute atomic E-state index is 13.1. The zero-order chi connectivity index (χ0) is 66.4. The molecule has 21 saturated heterocycles. The zero-order valence-electron chi connectivity index (χ0n) is 50.1. The van der Waals surface area contributed by atoms with Crippen molar-refractivity contribution in [3.05, 3.63) is 0 Å². The summed E-state index contributed by atoms with van der Waals surface area (Å²) in [5, 5.41) is 213. The number of hydrogen-bond donors (Lipinski definition) is 19. The molecule has 0 amide bonds. The first-order valence-electron chi connectivity index (χ1n) is 30.6. The molecule has 14 unspecified atom stereocenters. The number of ketones is 2. The molecule has 14 bridgehead atoms. The van der Waals surface area contributed by atoms with Crippen molar-refractivity contribution in [3.8, 4) is 0 Å². The number of Topliss-reactive ketones (excluding diaryl/α,β-unsaturated/α-hetero) is 2. The zero-order valence-corrected chi connectivity index (χ0v) is 50.1. The van der Waals surface area contributed by atoms with Gasteiger partial charge in [0.05, 0.1) is 70.7 Å². The van der Waals surface area contributed by atoms with E-state index in [0.717, 1.165) is 0 Å². The van der Waals surface area contributed by atoms with E-state index in [2.05, 4.69) is 0 Å². The van der Waals surface area contributed by atoms with Crippen molar-refractivity contribution < 1.29 is 178 Å². The van der Waals surface area contributed by atoms with E-state index in [9.17, 15) is 107 Å². The largest absolute Gasteiger partial charge is 0.394 e. The Morgan fingerprint density at radius 1 is 0.363 bits per heavy atom. The van der Waals surface area contributed by atoms with Crippen LogP contribution in [0.5, 0.6) is 0 Å². The minimum Gasteiger partial charge on any atom is -0.394 e. The van der Waals surface area contributed by atoms with Gasteiger partial charge in [-0.2, -0.15) is 0 Å². The molecule has 0 spiro atoms. The lowest BCUT2D eigenvalue weighted by Crippen LogP contribution is -2.67. The standard InChI is InChI=1S/C55H92O36/c1-4-22-31(66)50-80-25(11-57)43(22)86-51-37(72)32(67)44(23(78-51)7-5-6-20(63)8-9-21(64)17-77-16-18(2)62)87-53-39(74)36(71)48(29(15-61)82-53)91-54-40(75)34(69)45(26(12-58)83-54)88-49-30(65)19(3)42(24(10-56)79-49)85-52-38(73)33(68)47(28(14-60)81-52)90-55-41(76)35(70)46(89-50)27(13-59)84-55/h18-19,22-62,65-76H,4-17H2,1-3H3/t18?,19-,22-,23-,24-,25-,26-,27-,28-,29-,30-,31-,32-,33-,34-,35-,36-,37-,38-,39-,40-,41-,42?,43?,44?,45?,46?,47?,48?,49?,50-,51?,52?,53?,54?,55?/m1/s1. The number of aliphatic hydroxyl groups is 19. The van der Waals surface area contributed by atoms with Crippen LogP contribution in [-0.2, 0) is 80.6 Å². The fourth-order valence-electron chi connectivity index (χ4n) is 12.7. The van der Waals surface area contributed by atoms with Crippen LogP contribution in [0, 0.1) is 11.8 Å². The highest BCUT2D eigenvalue weighted by Crippen LogP contribution is 2.41. The first kappa shape index (κ1) is 74.8. The highest BCUT2D eigenvalue weighted by molar-refractivity contribution is 5.86. The van der Waals surface area contributed by atoms with Gasteiger partial charge in [0, 0.05) is 31.1 Å². The maximum atomic E-state index is 13.1. The number of hydrogen-bond acceptors (Lipinski definition) is 36. The summed E-state index contributed by atoms with van der Waals surface area (Å²) >= 11 is 0. The Morgan fingerprint density at radius 2 is 0.648 bits per heavy atom. The first-order chi connectivity index (χ1) is 43.3. The molecule has 21 aliphatic rings. The predicted molar refractivity (Wildman–Crippen MR) is 288 cm³/mol. The molecule has 36 heteroatoms. The molecule has 36 atom stereocenters. The summed E-state index contributed by atoms with van der Waals surface area (Å²) in [7, 11) is 0. The van der Waals surface area contributed by atoms with Crippen molar-refractivity contribution in [1.29, 1.82) is 0 Å². The Morgan fingerprint density at radius 3 is 1.00 bits per heavy atom. The second kappa shape index (κ2) is 33.5. The topological polar surface area (TPSA) is 557 Å². The maximum Gasteiger partial charge on any atom is 0.187 e. The van der Waals surface area contributed by atoms with Crippen LogP contribution in [0.3, 0.4) is 0 Å². The molecule has 528 valence electrons. The average Bonchev–Trinajstić information content (AvgIpc) is 1.08. The van der Waals surface area contributed by atoms with E-state index in [1.54, 1.807) is 6.92 Å². The van der Waals surface area contributed by atoms with Crippen molar-refractivity contribution in [1.82, 2.24) is 0 Å². The SMILES string of the molecule is CC[C@H]1C2OC3O[C@H](CCCC(=O)CCC(=O)COCC(C)O)C(OC4O[C@H](CO)C(OC5O[C@H](CO)C(OC6O[C@H](CO)C(OC7O[C@H](CO)C(OC8O[C@H](CO)C(O[C@@H](O[C@@H]2CO)[C@@H]1O)[C@H](O)[C@H]8O)[C@H](O)[C@H]7O)[C@H](C)[C@H]6O)[C@H](O)[C@H]5O)[C@H](O)[C@H]4O)[C@H](O)[C@H]3O. The van der Waals surface area contributed by atoms with Gasteiger partial charge in [0.1, 0.15) is 153 Å². The van der Waals surface area contributed by atoms with E-state index in [0.29, 0.717) is 0 Å². The summed E-state index contributed by atoms with van der Waals surface area (Å²) in [5.74, 6) is -3.13. The molecule has 91 heavy (non-hydrogen) atoms. The normalized spacial score (nSPS) is 49.0. The van der Waals surface area contributed by atoms with E-state index >= 15 is 0 Å². The van der Waals surface area contributed by atoms with Gasteiger partial charge in [0.2, 0.25) is 0 Å². The van der Waals surface area contributed by atoms with Gasteiger partial charge in [-0.05, 0) is 26.2 Å². The number of aliphatic hydroxyl groups excluding tert-OH is 19. The highest BCUT2D eigenvalue weighted by atomic mass is 16.8. The van der Waals surface area contributed by atoms with E-state index in [1.165, 1.54) is 13.8 Å². The van der Waals surface area contributed by atoms with Crippen LogP contribution in [0.25, 0.3) is 0 Å². The van der Waals surface area contributed by atoms with Gasteiger partial charge >= 0.3 is 0 Å². The summed E-state index contributed by atoms with van der Waals surface area (Å²) in [6, 6.07) is 0. The Bertz CT molecular complexity index is 2220. The summed E-state index contributed by atoms with van der Waals surface area (Å²) < 4.78 is 88.6. The van der Waals surface area contributed by atoms with Crippen molar-refractivity contribution in [3.63, 3.8) is 0 Å². The van der Waals surface area contributed by atoms with Crippen LogP contribution < -0.4 is 0 Å². The fraction of sp³-hybridized carbons (Fsp3) is 0.964. The number of rotatable bonds is 18. The van der Waals surface area contributed by atoms with Crippen LogP contribution in [0.4, 0.5) is 0 Å². The van der Waals surface area contributed by atoms with Crippen LogP contribution >= 0.6 is 0 Å². The third-order valence-electron chi connectivity index (χ3n) is 17.9. The molecule has 21 rings (SSSR count). The summed E-state index contributed by atoms with van der Waals surface area (Å²) in [6.07, 6.45) is -63.0. The molecule has 0 aromatic carbocycles. The number of carbonyl (C=O) groups is 2. The smallest absolute Gasteiger partial charge is 0.187 e. The van der Waals surface area contributed by atoms with Crippen molar-refractivity contribution in [2.45, 2.75) is 268 Å². The van der Waals surface area contributed by atoms with E-state index in [-0.39, 0.29) is 51.7 Å². The molecular weight excluding hydrogens is 1240 g/mol. The fourth-order valence-corrected chi connectivity index (χ4v) is 12.7. The molecule has 21 heterocycles. The van der Waals surface area contributed by atoms with E-state index in [4.69, 9.17) is 71.1 Å². The van der Waals surface area contributed by atoms with E-state index < -0.39 is 272 Å². The monoisotopic (exact) mass is 1330 g/mol. The van der Waals surface area contributed by atoms with Crippen LogP contribution in [0.1, 0.15) is 59.3 Å². The van der Waals surface area contributed by atoms with Gasteiger partial charge in [-0.25, -0.2) is 0 Å². The summed E-state index contributed by atoms with van der Waals surface area (Å²) in [4.78, 5) is 25.5. The van der Waals surface area contributed by atoms with Gasteiger partial charge in [-0.15, -0.1) is 0 Å². The van der Waals surface area contributed by atoms with Gasteiger partial charge in [-0.1, -0.05) is 13.8 Å². The molecule has 0 radical (unpaired) electrons. The Hall–Kier alpha value is -2.02. The highest BCUT2D eigenvalue weighted by Gasteiger charge is 2.59. The van der Waals surface area contributed by atoms with Gasteiger partial charge in [0.15, 0.2) is 49.8 Å². The molecule has 0 aliphatic carbocycles. The Labute approximate surface area is 521 Å². The van der Waals surface area contributed by atoms with Crippen molar-refractivity contribution >= 4 is 11.6 Å². The number of ether oxygens (including phenoxy) is 15. The van der Waals surface area contributed by atoms with E-state index in [1.807, 2.05) is 0 Å². The predicted octanol–water partition coefficient (Wildman–Crippen LogP) is -10.8. The lowest BCUT2D eigenvalue weighted by atomic mass is 9.86. The second-order valence-corrected chi connectivity index (χ2v) is 24.3. The Kier molecular flexibility index (Phi) is 27.5. The lowest BCUT2D eigenvalue weighted by molar-refractivity contribution is -0.394. The van der Waals surface area contributed by atoms with Crippen LogP contribution in [-0.4, -0.2) is 370 Å². The van der Waals surface area contributed by atoms with Crippen molar-refractivity contribution in [2.24, 2.45) is 11.8 Å². The third-order valence-corrected chi connectivity index (χ3v) is 17.9. The molecule has 19 N–H and O–H groups in total. The third kappa shape index (κ3) is 16.8. The van der Waals surface area contributed by atoms with Crippen LogP contribution in [0.2, 0.25) is 0 Å². The molecule has 36 nitrogen and oxygen atoms in total. The second-order valence-electron chi connectivity index (χ2n) is 24.3. The van der Waals surface area contributed by atoms with Crippen molar-refractivity contribution in [2.75, 3.05) is 52.9 Å². The van der Waals surface area contributed by atoms with Gasteiger partial charge in [0.25, 0.3) is 0 Å².